The Morgan fingerprint density at radius 1 is 1.34 bits per heavy atom. The zero-order valence-electron chi connectivity index (χ0n) is 17.3. The number of aliphatic hydroxyl groups is 2. The van der Waals surface area contributed by atoms with Crippen molar-refractivity contribution in [2.45, 2.75) is 58.7 Å². The predicted octanol–water partition coefficient (Wildman–Crippen LogP) is 1.40. The molecule has 1 spiro atoms. The highest BCUT2D eigenvalue weighted by Gasteiger charge is 2.77. The van der Waals surface area contributed by atoms with Crippen LogP contribution in [0.3, 0.4) is 0 Å². The number of rotatable bonds is 3. The van der Waals surface area contributed by atoms with Gasteiger partial charge in [-0.3, -0.25) is 14.4 Å². The van der Waals surface area contributed by atoms with E-state index in [1.807, 2.05) is 13.8 Å². The number of ether oxygens (including phenoxy) is 2. The smallest absolute Gasteiger partial charge is 0.320 e. The van der Waals surface area contributed by atoms with Gasteiger partial charge >= 0.3 is 11.9 Å². The van der Waals surface area contributed by atoms with Crippen molar-refractivity contribution in [3.63, 3.8) is 0 Å². The standard InChI is InChI=1S/C22H30O7/c1-11-13-7-14(25)17-21(8-13,18(11)26)19(27)29-16-5-6-20(3,4)15(9-23)22(16,17)10-28-12(2)24/h13-17,23,25H,1,5-10H2,2-4H3/t13-,14+,15-,16+,17-,21+,22+/m0/s1. The molecule has 0 aromatic rings. The van der Waals surface area contributed by atoms with Crippen LogP contribution in [0.4, 0.5) is 0 Å². The van der Waals surface area contributed by atoms with Gasteiger partial charge < -0.3 is 19.7 Å². The van der Waals surface area contributed by atoms with E-state index in [-0.39, 0.29) is 36.8 Å². The minimum Gasteiger partial charge on any atom is -0.465 e. The first-order valence-corrected chi connectivity index (χ1v) is 10.4. The Hall–Kier alpha value is -1.73. The van der Waals surface area contributed by atoms with Gasteiger partial charge in [-0.25, -0.2) is 0 Å². The highest BCUT2D eigenvalue weighted by atomic mass is 16.6. The molecule has 29 heavy (non-hydrogen) atoms. The van der Waals surface area contributed by atoms with Gasteiger partial charge in [0.1, 0.15) is 18.1 Å². The van der Waals surface area contributed by atoms with Crippen LogP contribution in [0.15, 0.2) is 12.2 Å². The third kappa shape index (κ3) is 2.46. The molecule has 2 bridgehead atoms. The van der Waals surface area contributed by atoms with Gasteiger partial charge in [0.05, 0.1) is 11.5 Å². The van der Waals surface area contributed by atoms with E-state index in [0.29, 0.717) is 24.8 Å². The fourth-order valence-electron chi connectivity index (χ4n) is 7.09. The average molecular weight is 406 g/mol. The lowest BCUT2D eigenvalue weighted by molar-refractivity contribution is -0.270. The topological polar surface area (TPSA) is 110 Å². The molecule has 7 atom stereocenters. The SMILES string of the molecule is C=C1C(=O)[C@@]23C[C@@H]1C[C@@H](O)[C@@H]2[C@@]1(COC(C)=O)[C@@H](CCC(C)(C)[C@@H]1CO)OC3=O. The number of esters is 2. The largest absolute Gasteiger partial charge is 0.465 e. The number of hydrogen-bond donors (Lipinski definition) is 2. The first-order valence-electron chi connectivity index (χ1n) is 10.4. The summed E-state index contributed by atoms with van der Waals surface area (Å²) in [7, 11) is 0. The Bertz CT molecular complexity index is 786. The van der Waals surface area contributed by atoms with Crippen LogP contribution in [-0.2, 0) is 23.9 Å². The number of fused-ring (bicyclic) bond motifs is 3. The molecule has 0 radical (unpaired) electrons. The van der Waals surface area contributed by atoms with Gasteiger partial charge in [-0.2, -0.15) is 0 Å². The number of aliphatic hydroxyl groups excluding tert-OH is 2. The second-order valence-corrected chi connectivity index (χ2v) is 10.1. The number of allylic oxidation sites excluding steroid dienone is 1. The molecular formula is C22H30O7. The van der Waals surface area contributed by atoms with Crippen LogP contribution in [0.2, 0.25) is 0 Å². The fraction of sp³-hybridized carbons (Fsp3) is 0.773. The van der Waals surface area contributed by atoms with Gasteiger partial charge in [0.2, 0.25) is 0 Å². The number of ketones is 1. The molecule has 2 N–H and O–H groups in total. The zero-order valence-corrected chi connectivity index (χ0v) is 17.3. The normalized spacial score (nSPS) is 45.3. The lowest BCUT2D eigenvalue weighted by Gasteiger charge is -2.64. The fourth-order valence-corrected chi connectivity index (χ4v) is 7.09. The second-order valence-electron chi connectivity index (χ2n) is 10.1. The van der Waals surface area contributed by atoms with Gasteiger partial charge in [-0.05, 0) is 48.5 Å². The summed E-state index contributed by atoms with van der Waals surface area (Å²) in [6, 6.07) is 0. The van der Waals surface area contributed by atoms with Gasteiger partial charge in [0.25, 0.3) is 0 Å². The molecule has 0 aromatic heterocycles. The summed E-state index contributed by atoms with van der Waals surface area (Å²) >= 11 is 0. The van der Waals surface area contributed by atoms with Crippen LogP contribution >= 0.6 is 0 Å². The van der Waals surface area contributed by atoms with E-state index in [4.69, 9.17) is 9.47 Å². The predicted molar refractivity (Wildman–Crippen MR) is 101 cm³/mol. The molecule has 4 aliphatic rings. The van der Waals surface area contributed by atoms with Crippen LogP contribution in [0.25, 0.3) is 0 Å². The first-order chi connectivity index (χ1) is 13.5. The van der Waals surface area contributed by atoms with Crippen molar-refractivity contribution >= 4 is 17.7 Å². The van der Waals surface area contributed by atoms with Crippen LogP contribution in [0.1, 0.15) is 46.5 Å². The van der Waals surface area contributed by atoms with Crippen molar-refractivity contribution in [3.05, 3.63) is 12.2 Å². The van der Waals surface area contributed by atoms with Crippen molar-refractivity contribution in [2.75, 3.05) is 13.2 Å². The Labute approximate surface area is 170 Å². The molecule has 1 aliphatic heterocycles. The number of Topliss-reactive ketones (excluding diaryl/α,β-unsaturated/α-hetero) is 1. The van der Waals surface area contributed by atoms with E-state index >= 15 is 0 Å². The molecule has 7 heteroatoms. The summed E-state index contributed by atoms with van der Waals surface area (Å²) in [5, 5.41) is 21.7. The molecule has 3 aliphatic carbocycles. The quantitative estimate of drug-likeness (QED) is 0.414. The molecule has 0 aromatic carbocycles. The third-order valence-electron chi connectivity index (χ3n) is 8.34. The Morgan fingerprint density at radius 2 is 2.03 bits per heavy atom. The van der Waals surface area contributed by atoms with E-state index in [2.05, 4.69) is 6.58 Å². The van der Waals surface area contributed by atoms with E-state index < -0.39 is 46.8 Å². The van der Waals surface area contributed by atoms with E-state index in [0.717, 1.165) is 0 Å². The van der Waals surface area contributed by atoms with E-state index in [1.165, 1.54) is 6.92 Å². The first kappa shape index (κ1) is 20.5. The monoisotopic (exact) mass is 406 g/mol. The maximum Gasteiger partial charge on any atom is 0.320 e. The summed E-state index contributed by atoms with van der Waals surface area (Å²) in [4.78, 5) is 38.3. The molecule has 1 saturated heterocycles. The van der Waals surface area contributed by atoms with Gasteiger partial charge in [0.15, 0.2) is 5.78 Å². The van der Waals surface area contributed by atoms with E-state index in [1.54, 1.807) is 0 Å². The summed E-state index contributed by atoms with van der Waals surface area (Å²) in [5.74, 6) is -2.93. The van der Waals surface area contributed by atoms with Gasteiger partial charge in [-0.15, -0.1) is 0 Å². The summed E-state index contributed by atoms with van der Waals surface area (Å²) in [5.41, 5.74) is -2.55. The van der Waals surface area contributed by atoms with Gasteiger partial charge in [-0.1, -0.05) is 20.4 Å². The Balaban J connectivity index is 1.95. The zero-order chi connectivity index (χ0) is 21.4. The van der Waals surface area contributed by atoms with E-state index in [9.17, 15) is 24.6 Å². The highest BCUT2D eigenvalue weighted by molar-refractivity contribution is 6.15. The van der Waals surface area contributed by atoms with Crippen LogP contribution in [0, 0.1) is 34.0 Å². The number of carbonyl (C=O) groups is 3. The Morgan fingerprint density at radius 3 is 2.66 bits per heavy atom. The molecule has 0 amide bonds. The molecule has 4 fully saturated rings. The minimum atomic E-state index is -1.52. The Kier molecular flexibility index (Phi) is 4.52. The number of carbonyl (C=O) groups excluding carboxylic acids is 3. The summed E-state index contributed by atoms with van der Waals surface area (Å²) in [6.45, 7) is 8.92. The van der Waals surface area contributed by atoms with Crippen LogP contribution in [-0.4, -0.2) is 53.4 Å². The molecule has 4 rings (SSSR count). The number of hydrogen-bond acceptors (Lipinski definition) is 7. The molecule has 160 valence electrons. The maximum atomic E-state index is 13.3. The third-order valence-corrected chi connectivity index (χ3v) is 8.34. The molecule has 7 nitrogen and oxygen atoms in total. The molecule has 0 unspecified atom stereocenters. The van der Waals surface area contributed by atoms with Crippen molar-refractivity contribution in [1.29, 1.82) is 0 Å². The van der Waals surface area contributed by atoms with Crippen molar-refractivity contribution in [3.8, 4) is 0 Å². The van der Waals surface area contributed by atoms with Crippen LogP contribution in [0.5, 0.6) is 0 Å². The molecule has 3 saturated carbocycles. The molecular weight excluding hydrogens is 376 g/mol. The van der Waals surface area contributed by atoms with Crippen molar-refractivity contribution in [2.24, 2.45) is 34.0 Å². The minimum absolute atomic E-state index is 0.108. The lowest BCUT2D eigenvalue weighted by Crippen LogP contribution is -2.72. The summed E-state index contributed by atoms with van der Waals surface area (Å²) in [6.07, 6.45) is 0.232. The van der Waals surface area contributed by atoms with Crippen LogP contribution < -0.4 is 0 Å². The van der Waals surface area contributed by atoms with Crippen molar-refractivity contribution < 1.29 is 34.1 Å². The summed E-state index contributed by atoms with van der Waals surface area (Å²) < 4.78 is 11.4. The lowest BCUT2D eigenvalue weighted by atomic mass is 9.43. The van der Waals surface area contributed by atoms with Crippen molar-refractivity contribution in [1.82, 2.24) is 0 Å². The average Bonchev–Trinajstić information content (AvgIpc) is 2.83. The molecule has 1 heterocycles. The van der Waals surface area contributed by atoms with Gasteiger partial charge in [0, 0.05) is 19.4 Å². The maximum absolute atomic E-state index is 13.3. The highest BCUT2D eigenvalue weighted by Crippen LogP contribution is 2.68. The second kappa shape index (κ2) is 6.38.